The molecule has 1 fully saturated rings. The number of carbonyl (C=O) groups is 1. The fourth-order valence-corrected chi connectivity index (χ4v) is 3.00. The summed E-state index contributed by atoms with van der Waals surface area (Å²) in [4.78, 5) is 18.6. The van der Waals surface area contributed by atoms with Crippen LogP contribution in [0.2, 0.25) is 0 Å². The van der Waals surface area contributed by atoms with Crippen LogP contribution in [0.5, 0.6) is 0 Å². The van der Waals surface area contributed by atoms with Crippen LogP contribution in [0.3, 0.4) is 0 Å². The maximum Gasteiger partial charge on any atom is 0.253 e. The molecule has 1 aromatic carbocycles. The van der Waals surface area contributed by atoms with Crippen LogP contribution < -0.4 is 5.32 Å². The van der Waals surface area contributed by atoms with Gasteiger partial charge in [0.2, 0.25) is 0 Å². The van der Waals surface area contributed by atoms with Crippen LogP contribution in [-0.2, 0) is 0 Å². The molecule has 2 heterocycles. The molecule has 0 unspecified atom stereocenters. The van der Waals surface area contributed by atoms with E-state index in [1.807, 2.05) is 47.0 Å². The Balaban J connectivity index is 0.00000144. The summed E-state index contributed by atoms with van der Waals surface area (Å²) in [5, 5.41) is 3.22. The van der Waals surface area contributed by atoms with Crippen molar-refractivity contribution in [3.63, 3.8) is 0 Å². The number of nitrogens with one attached hydrogen (secondary N) is 1. The molecule has 1 N–H and O–H groups in total. The molecule has 0 radical (unpaired) electrons. The Kier molecular flexibility index (Phi) is 8.25. The Morgan fingerprint density at radius 2 is 1.88 bits per heavy atom. The van der Waals surface area contributed by atoms with Crippen molar-refractivity contribution in [3.05, 3.63) is 48.5 Å². The lowest BCUT2D eigenvalue weighted by Crippen LogP contribution is -2.40. The van der Waals surface area contributed by atoms with Gasteiger partial charge in [-0.15, -0.1) is 24.8 Å². The highest BCUT2D eigenvalue weighted by molar-refractivity contribution is 5.94. The van der Waals surface area contributed by atoms with E-state index in [0.717, 1.165) is 43.7 Å². The van der Waals surface area contributed by atoms with Gasteiger partial charge in [-0.1, -0.05) is 0 Å². The molecule has 24 heavy (non-hydrogen) atoms. The number of halogens is 2. The topological polar surface area (TPSA) is 50.2 Å². The first-order valence-corrected chi connectivity index (χ1v) is 7.80. The predicted octanol–water partition coefficient (Wildman–Crippen LogP) is 2.79. The molecular formula is C17H24Cl2N4O. The van der Waals surface area contributed by atoms with Crippen molar-refractivity contribution >= 4 is 30.7 Å². The first kappa shape index (κ1) is 20.5. The first-order valence-electron chi connectivity index (χ1n) is 7.80. The van der Waals surface area contributed by atoms with Gasteiger partial charge in [0.25, 0.3) is 5.91 Å². The molecule has 1 aliphatic heterocycles. The van der Waals surface area contributed by atoms with Gasteiger partial charge < -0.3 is 14.8 Å². The van der Waals surface area contributed by atoms with E-state index in [-0.39, 0.29) is 30.7 Å². The SMILES string of the molecule is CNCC1CCN(C(=O)c2ccc(-n3ccnc3)cc2)CC1.Cl.Cl. The number of likely N-dealkylation sites (tertiary alicyclic amines) is 1. The number of nitrogens with zero attached hydrogens (tertiary/aromatic N) is 3. The number of aromatic nitrogens is 2. The Morgan fingerprint density at radius 3 is 2.42 bits per heavy atom. The molecular weight excluding hydrogens is 347 g/mol. The lowest BCUT2D eigenvalue weighted by Gasteiger charge is -2.32. The van der Waals surface area contributed by atoms with Crippen molar-refractivity contribution in [3.8, 4) is 5.69 Å². The first-order chi connectivity index (χ1) is 10.8. The van der Waals surface area contributed by atoms with Crippen molar-refractivity contribution in [1.82, 2.24) is 19.8 Å². The minimum absolute atomic E-state index is 0. The molecule has 0 saturated carbocycles. The van der Waals surface area contributed by atoms with E-state index < -0.39 is 0 Å². The van der Waals surface area contributed by atoms with Crippen molar-refractivity contribution in [1.29, 1.82) is 0 Å². The Bertz CT molecular complexity index is 608. The van der Waals surface area contributed by atoms with Crippen molar-refractivity contribution in [2.24, 2.45) is 5.92 Å². The number of carbonyl (C=O) groups excluding carboxylic acids is 1. The van der Waals surface area contributed by atoms with Crippen molar-refractivity contribution < 1.29 is 4.79 Å². The monoisotopic (exact) mass is 370 g/mol. The maximum absolute atomic E-state index is 12.6. The zero-order valence-corrected chi connectivity index (χ0v) is 15.4. The fraction of sp³-hybridized carbons (Fsp3) is 0.412. The predicted molar refractivity (Wildman–Crippen MR) is 101 cm³/mol. The van der Waals surface area contributed by atoms with E-state index in [9.17, 15) is 4.79 Å². The molecule has 0 bridgehead atoms. The summed E-state index contributed by atoms with van der Waals surface area (Å²) in [6.07, 6.45) is 7.56. The zero-order valence-electron chi connectivity index (χ0n) is 13.7. The van der Waals surface area contributed by atoms with E-state index in [1.165, 1.54) is 0 Å². The highest BCUT2D eigenvalue weighted by Gasteiger charge is 2.23. The molecule has 1 saturated heterocycles. The maximum atomic E-state index is 12.6. The number of hydrogen-bond donors (Lipinski definition) is 1. The fourth-order valence-electron chi connectivity index (χ4n) is 3.00. The number of hydrogen-bond acceptors (Lipinski definition) is 3. The van der Waals surface area contributed by atoms with Gasteiger partial charge in [0.05, 0.1) is 6.33 Å². The quantitative estimate of drug-likeness (QED) is 0.899. The van der Waals surface area contributed by atoms with Gasteiger partial charge in [-0.2, -0.15) is 0 Å². The van der Waals surface area contributed by atoms with Crippen molar-refractivity contribution in [2.45, 2.75) is 12.8 Å². The number of imidazole rings is 1. The molecule has 0 atom stereocenters. The van der Waals surface area contributed by atoms with E-state index in [4.69, 9.17) is 0 Å². The Labute approximate surface area is 155 Å². The summed E-state index contributed by atoms with van der Waals surface area (Å²) in [5.41, 5.74) is 1.78. The van der Waals surface area contributed by atoms with Gasteiger partial charge >= 0.3 is 0 Å². The third kappa shape index (κ3) is 4.72. The second-order valence-electron chi connectivity index (χ2n) is 5.81. The second kappa shape index (κ2) is 9.67. The minimum Gasteiger partial charge on any atom is -0.339 e. The van der Waals surface area contributed by atoms with Crippen LogP contribution >= 0.6 is 24.8 Å². The minimum atomic E-state index is 0. The number of piperidine rings is 1. The lowest BCUT2D eigenvalue weighted by atomic mass is 9.96. The van der Waals surface area contributed by atoms with Gasteiger partial charge in [-0.25, -0.2) is 4.98 Å². The smallest absolute Gasteiger partial charge is 0.253 e. The van der Waals surface area contributed by atoms with Gasteiger partial charge in [0.15, 0.2) is 0 Å². The number of amides is 1. The van der Waals surface area contributed by atoms with Gasteiger partial charge in [-0.05, 0) is 56.6 Å². The molecule has 0 spiro atoms. The van der Waals surface area contributed by atoms with E-state index in [1.54, 1.807) is 12.5 Å². The third-order valence-corrected chi connectivity index (χ3v) is 4.31. The average Bonchev–Trinajstić information content (AvgIpc) is 3.10. The second-order valence-corrected chi connectivity index (χ2v) is 5.81. The Morgan fingerprint density at radius 1 is 1.21 bits per heavy atom. The van der Waals surface area contributed by atoms with Gasteiger partial charge in [0.1, 0.15) is 0 Å². The van der Waals surface area contributed by atoms with E-state index in [2.05, 4.69) is 10.3 Å². The zero-order chi connectivity index (χ0) is 15.4. The van der Waals surface area contributed by atoms with Gasteiger partial charge in [-0.3, -0.25) is 4.79 Å². The summed E-state index contributed by atoms with van der Waals surface area (Å²) in [7, 11) is 1.99. The molecule has 1 aliphatic rings. The highest BCUT2D eigenvalue weighted by atomic mass is 35.5. The van der Waals surface area contributed by atoms with Gasteiger partial charge in [0, 0.05) is 36.7 Å². The largest absolute Gasteiger partial charge is 0.339 e. The van der Waals surface area contributed by atoms with E-state index >= 15 is 0 Å². The molecule has 7 heteroatoms. The van der Waals surface area contributed by atoms with Crippen LogP contribution in [0.15, 0.2) is 43.0 Å². The molecule has 132 valence electrons. The lowest BCUT2D eigenvalue weighted by molar-refractivity contribution is 0.0691. The molecule has 3 rings (SSSR count). The molecule has 2 aromatic rings. The van der Waals surface area contributed by atoms with Crippen LogP contribution in [0.4, 0.5) is 0 Å². The summed E-state index contributed by atoms with van der Waals surface area (Å²) < 4.78 is 1.93. The summed E-state index contributed by atoms with van der Waals surface area (Å²) in [6, 6.07) is 7.72. The van der Waals surface area contributed by atoms with Crippen LogP contribution in [0, 0.1) is 5.92 Å². The van der Waals surface area contributed by atoms with E-state index in [0.29, 0.717) is 5.92 Å². The summed E-state index contributed by atoms with van der Waals surface area (Å²) in [6.45, 7) is 2.75. The molecule has 5 nitrogen and oxygen atoms in total. The highest BCUT2D eigenvalue weighted by Crippen LogP contribution is 2.19. The number of benzene rings is 1. The van der Waals surface area contributed by atoms with Crippen LogP contribution in [0.1, 0.15) is 23.2 Å². The Hall–Kier alpha value is -1.56. The average molecular weight is 371 g/mol. The number of rotatable bonds is 4. The third-order valence-electron chi connectivity index (χ3n) is 4.31. The standard InChI is InChI=1S/C17H22N4O.2ClH/c1-18-12-14-6-9-20(10-7-14)17(22)15-2-4-16(5-3-15)21-11-8-19-13-21;;/h2-5,8,11,13-14,18H,6-7,9-10,12H2,1H3;2*1H. The normalized spacial score (nSPS) is 14.6. The molecule has 1 amide bonds. The molecule has 0 aliphatic carbocycles. The molecule has 1 aromatic heterocycles. The van der Waals surface area contributed by atoms with Crippen LogP contribution in [0.25, 0.3) is 5.69 Å². The summed E-state index contributed by atoms with van der Waals surface area (Å²) in [5.74, 6) is 0.831. The van der Waals surface area contributed by atoms with Crippen LogP contribution in [-0.4, -0.2) is 47.0 Å². The summed E-state index contributed by atoms with van der Waals surface area (Å²) >= 11 is 0. The van der Waals surface area contributed by atoms with Crippen molar-refractivity contribution in [2.75, 3.05) is 26.7 Å².